The highest BCUT2D eigenvalue weighted by atomic mass is 16.6. The summed E-state index contributed by atoms with van der Waals surface area (Å²) in [4.78, 5) is 28.2. The van der Waals surface area contributed by atoms with E-state index in [4.69, 9.17) is 9.47 Å². The van der Waals surface area contributed by atoms with Crippen LogP contribution in [-0.4, -0.2) is 62.0 Å². The molecule has 0 radical (unpaired) electrons. The molecule has 1 aliphatic heterocycles. The quantitative estimate of drug-likeness (QED) is 0.515. The summed E-state index contributed by atoms with van der Waals surface area (Å²) in [6, 6.07) is 15.1. The summed E-state index contributed by atoms with van der Waals surface area (Å²) in [7, 11) is 1.47. The highest BCUT2D eigenvalue weighted by Gasteiger charge is 2.23. The van der Waals surface area contributed by atoms with Crippen molar-refractivity contribution in [1.82, 2.24) is 4.90 Å². The number of ether oxygens (including phenoxy) is 2. The van der Waals surface area contributed by atoms with Crippen LogP contribution in [0, 0.1) is 0 Å². The van der Waals surface area contributed by atoms with Crippen molar-refractivity contribution in [3.63, 3.8) is 0 Å². The average molecular weight is 453 g/mol. The van der Waals surface area contributed by atoms with Gasteiger partial charge in [0.05, 0.1) is 25.0 Å². The van der Waals surface area contributed by atoms with Gasteiger partial charge in [0.25, 0.3) is 0 Å². The molecule has 7 heteroatoms. The third kappa shape index (κ3) is 6.58. The van der Waals surface area contributed by atoms with Crippen LogP contribution in [0.1, 0.15) is 42.1 Å². The van der Waals surface area contributed by atoms with E-state index in [1.807, 2.05) is 6.07 Å². The predicted octanol–water partition coefficient (Wildman–Crippen LogP) is 4.93. The lowest BCUT2D eigenvalue weighted by molar-refractivity contribution is 0.0697. The summed E-state index contributed by atoms with van der Waals surface area (Å²) < 4.78 is 10.3. The molecule has 0 saturated heterocycles. The van der Waals surface area contributed by atoms with Gasteiger partial charge in [-0.25, -0.2) is 9.59 Å². The smallest absolute Gasteiger partial charge is 0.414 e. The van der Waals surface area contributed by atoms with E-state index in [0.29, 0.717) is 18.0 Å². The van der Waals surface area contributed by atoms with Gasteiger partial charge in [0.1, 0.15) is 5.75 Å². The van der Waals surface area contributed by atoms with Crippen molar-refractivity contribution in [3.8, 4) is 5.75 Å². The summed E-state index contributed by atoms with van der Waals surface area (Å²) in [5, 5.41) is 9.65. The third-order valence-corrected chi connectivity index (χ3v) is 5.76. The number of carboxylic acids is 1. The van der Waals surface area contributed by atoms with Gasteiger partial charge in [-0.1, -0.05) is 36.4 Å². The fourth-order valence-electron chi connectivity index (χ4n) is 3.99. The standard InChI is InChI=1S/C26H32N2O5/c1-3-33-26(31)28(24-12-11-22(32-2)19-23(24)25(29)30)16-8-7-15-27-17-13-21(14-18-27)20-9-5-4-6-10-20/h4-6,9-13,19H,3,7-8,14-18H2,1-2H3,(H,29,30). The zero-order valence-electron chi connectivity index (χ0n) is 19.3. The van der Waals surface area contributed by atoms with Crippen molar-refractivity contribution >= 4 is 23.3 Å². The number of carboxylic acid groups (broad SMARTS) is 1. The second-order valence-electron chi connectivity index (χ2n) is 7.89. The minimum atomic E-state index is -1.12. The number of carbonyl (C=O) groups excluding carboxylic acids is 1. The third-order valence-electron chi connectivity index (χ3n) is 5.76. The van der Waals surface area contributed by atoms with Gasteiger partial charge in [-0.3, -0.25) is 9.80 Å². The van der Waals surface area contributed by atoms with E-state index in [1.165, 1.54) is 29.2 Å². The van der Waals surface area contributed by atoms with E-state index in [-0.39, 0.29) is 12.2 Å². The molecule has 0 bridgehead atoms. The Morgan fingerprint density at radius 1 is 1.12 bits per heavy atom. The largest absolute Gasteiger partial charge is 0.497 e. The van der Waals surface area contributed by atoms with Gasteiger partial charge in [-0.2, -0.15) is 0 Å². The van der Waals surface area contributed by atoms with Crippen molar-refractivity contribution in [3.05, 3.63) is 65.7 Å². The zero-order valence-corrected chi connectivity index (χ0v) is 19.3. The molecule has 176 valence electrons. The molecule has 3 rings (SSSR count). The first-order valence-electron chi connectivity index (χ1n) is 11.4. The summed E-state index contributed by atoms with van der Waals surface area (Å²) in [5.74, 6) is -0.694. The summed E-state index contributed by atoms with van der Waals surface area (Å²) in [6.45, 7) is 5.17. The number of benzene rings is 2. The van der Waals surface area contributed by atoms with Gasteiger partial charge >= 0.3 is 12.1 Å². The Balaban J connectivity index is 1.59. The lowest BCUT2D eigenvalue weighted by Gasteiger charge is -2.27. The minimum Gasteiger partial charge on any atom is -0.497 e. The van der Waals surface area contributed by atoms with E-state index in [2.05, 4.69) is 35.2 Å². The van der Waals surface area contributed by atoms with Gasteiger partial charge in [0.2, 0.25) is 0 Å². The van der Waals surface area contributed by atoms with Gasteiger partial charge in [0.15, 0.2) is 0 Å². The molecule has 0 fully saturated rings. The molecule has 33 heavy (non-hydrogen) atoms. The molecule has 1 heterocycles. The van der Waals surface area contributed by atoms with E-state index >= 15 is 0 Å². The molecule has 2 aromatic carbocycles. The number of amides is 1. The zero-order chi connectivity index (χ0) is 23.6. The topological polar surface area (TPSA) is 79.3 Å². The molecule has 7 nitrogen and oxygen atoms in total. The number of methoxy groups -OCH3 is 1. The monoisotopic (exact) mass is 452 g/mol. The molecular weight excluding hydrogens is 420 g/mol. The lowest BCUT2D eigenvalue weighted by atomic mass is 9.99. The van der Waals surface area contributed by atoms with Crippen LogP contribution in [0.4, 0.5) is 10.5 Å². The Morgan fingerprint density at radius 3 is 2.55 bits per heavy atom. The highest BCUT2D eigenvalue weighted by molar-refractivity contribution is 6.00. The maximum atomic E-state index is 12.6. The normalized spacial score (nSPS) is 13.8. The Bertz CT molecular complexity index is 974. The molecule has 1 amide bonds. The Kier molecular flexibility index (Phi) is 8.89. The molecular formula is C26H32N2O5. The molecule has 0 aromatic heterocycles. The van der Waals surface area contributed by atoms with Crippen molar-refractivity contribution in [2.45, 2.75) is 26.2 Å². The van der Waals surface area contributed by atoms with E-state index in [9.17, 15) is 14.7 Å². The summed E-state index contributed by atoms with van der Waals surface area (Å²) in [6.07, 6.45) is 4.39. The maximum Gasteiger partial charge on any atom is 0.414 e. The number of rotatable bonds is 10. The van der Waals surface area contributed by atoms with E-state index in [0.717, 1.165) is 38.9 Å². The molecule has 1 aliphatic rings. The average Bonchev–Trinajstić information content (AvgIpc) is 2.85. The van der Waals surface area contributed by atoms with E-state index < -0.39 is 12.1 Å². The van der Waals surface area contributed by atoms with Crippen LogP contribution >= 0.6 is 0 Å². The van der Waals surface area contributed by atoms with Crippen molar-refractivity contribution in [1.29, 1.82) is 0 Å². The molecule has 1 N–H and O–H groups in total. The molecule has 0 spiro atoms. The van der Waals surface area contributed by atoms with Crippen molar-refractivity contribution < 1.29 is 24.2 Å². The first-order valence-corrected chi connectivity index (χ1v) is 11.4. The van der Waals surface area contributed by atoms with Crippen LogP contribution in [0.5, 0.6) is 5.75 Å². The van der Waals surface area contributed by atoms with Crippen molar-refractivity contribution in [2.75, 3.05) is 44.8 Å². The number of aromatic carboxylic acids is 1. The van der Waals surface area contributed by atoms with Crippen LogP contribution < -0.4 is 9.64 Å². The number of unbranched alkanes of at least 4 members (excludes halogenated alkanes) is 1. The van der Waals surface area contributed by atoms with E-state index in [1.54, 1.807) is 19.1 Å². The summed E-state index contributed by atoms with van der Waals surface area (Å²) >= 11 is 0. The van der Waals surface area contributed by atoms with Gasteiger partial charge in [0, 0.05) is 19.6 Å². The second kappa shape index (κ2) is 12.1. The Labute approximate surface area is 195 Å². The molecule has 0 atom stereocenters. The Morgan fingerprint density at radius 2 is 1.91 bits per heavy atom. The van der Waals surface area contributed by atoms with Crippen LogP contribution in [0.3, 0.4) is 0 Å². The van der Waals surface area contributed by atoms with Crippen LogP contribution in [0.25, 0.3) is 5.57 Å². The van der Waals surface area contributed by atoms with Gasteiger partial charge < -0.3 is 14.6 Å². The molecule has 2 aromatic rings. The minimum absolute atomic E-state index is 0.0111. The number of hydrogen-bond acceptors (Lipinski definition) is 5. The van der Waals surface area contributed by atoms with Gasteiger partial charge in [-0.15, -0.1) is 0 Å². The van der Waals surface area contributed by atoms with Crippen LogP contribution in [0.2, 0.25) is 0 Å². The fourth-order valence-corrected chi connectivity index (χ4v) is 3.99. The first kappa shape index (κ1) is 24.3. The van der Waals surface area contributed by atoms with Crippen LogP contribution in [0.15, 0.2) is 54.6 Å². The Hall–Kier alpha value is -3.32. The fraction of sp³-hybridized carbons (Fsp3) is 0.385. The maximum absolute atomic E-state index is 12.6. The first-order chi connectivity index (χ1) is 16.0. The van der Waals surface area contributed by atoms with Gasteiger partial charge in [-0.05, 0) is 62.1 Å². The molecule has 0 saturated carbocycles. The van der Waals surface area contributed by atoms with Crippen molar-refractivity contribution in [2.24, 2.45) is 0 Å². The number of anilines is 1. The highest BCUT2D eigenvalue weighted by Crippen LogP contribution is 2.27. The molecule has 0 unspecified atom stereocenters. The summed E-state index contributed by atoms with van der Waals surface area (Å²) in [5.41, 5.74) is 3.00. The van der Waals surface area contributed by atoms with Crippen LogP contribution in [-0.2, 0) is 4.74 Å². The lowest BCUT2D eigenvalue weighted by Crippen LogP contribution is -2.35. The number of hydrogen-bond donors (Lipinski definition) is 1. The molecule has 0 aliphatic carbocycles. The predicted molar refractivity (Wildman–Crippen MR) is 129 cm³/mol. The second-order valence-corrected chi connectivity index (χ2v) is 7.89. The number of nitrogens with zero attached hydrogens (tertiary/aromatic N) is 2. The number of carbonyl (C=O) groups is 2. The SMILES string of the molecule is CCOC(=O)N(CCCCN1CC=C(c2ccccc2)CC1)c1ccc(OC)cc1C(=O)O.